The van der Waals surface area contributed by atoms with Crippen LogP contribution >= 0.6 is 0 Å². The fourth-order valence-electron chi connectivity index (χ4n) is 6.54. The predicted molar refractivity (Wildman–Crippen MR) is 209 cm³/mol. The number of benzene rings is 4. The van der Waals surface area contributed by atoms with E-state index in [0.717, 1.165) is 0 Å². The summed E-state index contributed by atoms with van der Waals surface area (Å²) >= 11 is 1.46. The van der Waals surface area contributed by atoms with E-state index in [0.29, 0.717) is 11.3 Å². The van der Waals surface area contributed by atoms with Gasteiger partial charge in [-0.05, 0) is 24.7 Å². The van der Waals surface area contributed by atoms with E-state index in [1.54, 1.807) is 0 Å². The average molecular weight is 783 g/mol. The molecule has 3 heteroatoms. The van der Waals surface area contributed by atoms with Gasteiger partial charge in [0.1, 0.15) is 0 Å². The Kier molecular flexibility index (Phi) is 15.6. The van der Waals surface area contributed by atoms with Gasteiger partial charge < -0.3 is 24.8 Å². The van der Waals surface area contributed by atoms with E-state index in [4.69, 9.17) is 0 Å². The van der Waals surface area contributed by atoms with Gasteiger partial charge in [-0.15, -0.1) is 39.7 Å². The second kappa shape index (κ2) is 17.9. The van der Waals surface area contributed by atoms with Gasteiger partial charge in [-0.1, -0.05) is 121 Å². The van der Waals surface area contributed by atoms with Gasteiger partial charge >= 0.3 is 99.2 Å². The van der Waals surface area contributed by atoms with E-state index in [-0.39, 0.29) is 35.6 Å². The zero-order valence-corrected chi connectivity index (χ0v) is 36.3. The van der Waals surface area contributed by atoms with E-state index < -0.39 is 0 Å². The molecular weight excluding hydrogens is 727 g/mol. The zero-order chi connectivity index (χ0) is 35.4. The zero-order valence-electron chi connectivity index (χ0n) is 32.4. The summed E-state index contributed by atoms with van der Waals surface area (Å²) in [4.78, 5) is 0. The van der Waals surface area contributed by atoms with Crippen LogP contribution in [0.15, 0.2) is 109 Å². The van der Waals surface area contributed by atoms with Crippen molar-refractivity contribution in [1.82, 2.24) is 0 Å². The quantitative estimate of drug-likeness (QED) is 0.172. The van der Waals surface area contributed by atoms with Gasteiger partial charge in [0.2, 0.25) is 0 Å². The topological polar surface area (TPSA) is 0 Å². The number of hydrogen-bond donors (Lipinski definition) is 0. The van der Waals surface area contributed by atoms with Crippen molar-refractivity contribution in [3.63, 3.8) is 0 Å². The van der Waals surface area contributed by atoms with Gasteiger partial charge in [-0.25, -0.2) is 6.08 Å². The van der Waals surface area contributed by atoms with Crippen molar-refractivity contribution in [2.75, 3.05) is 0 Å². The Morgan fingerprint density at radius 1 is 0.640 bits per heavy atom. The molecule has 1 atom stereocenters. The maximum absolute atomic E-state index is 3.35. The van der Waals surface area contributed by atoms with Crippen LogP contribution in [0.2, 0.25) is 0 Å². The van der Waals surface area contributed by atoms with E-state index in [1.165, 1.54) is 94.4 Å². The number of allylic oxidation sites excluding steroid dienone is 4. The van der Waals surface area contributed by atoms with Crippen molar-refractivity contribution in [3.8, 4) is 0 Å². The van der Waals surface area contributed by atoms with Gasteiger partial charge in [0, 0.05) is 0 Å². The minimum atomic E-state index is 0. The molecule has 0 saturated heterocycles. The predicted octanol–water partition coefficient (Wildman–Crippen LogP) is 7.09. The molecule has 0 nitrogen and oxygen atoms in total. The first kappa shape index (κ1) is 43.7. The second-order valence-electron chi connectivity index (χ2n) is 16.5. The average Bonchev–Trinajstić information content (AvgIpc) is 3.65. The molecule has 264 valence electrons. The van der Waals surface area contributed by atoms with Crippen LogP contribution in [-0.2, 0) is 35.1 Å². The van der Waals surface area contributed by atoms with Crippen molar-refractivity contribution >= 4 is 24.8 Å². The maximum atomic E-state index is 3.35. The summed E-state index contributed by atoms with van der Waals surface area (Å²) in [5.41, 5.74) is 10.5. The molecule has 5 aromatic carbocycles. The van der Waals surface area contributed by atoms with E-state index in [1.807, 2.05) is 0 Å². The molecule has 0 fully saturated rings. The summed E-state index contributed by atoms with van der Waals surface area (Å²) in [7, 11) is 0. The molecule has 0 aromatic heterocycles. The van der Waals surface area contributed by atoms with Crippen molar-refractivity contribution in [1.29, 1.82) is 0 Å². The molecule has 1 aliphatic carbocycles. The molecule has 0 amide bonds. The normalized spacial score (nSPS) is 14.1. The summed E-state index contributed by atoms with van der Waals surface area (Å²) in [6.45, 7) is 27.2. The molecule has 0 spiro atoms. The number of fused-ring (bicyclic) bond motifs is 3. The number of aryl methyl sites for hydroxylation is 2. The Morgan fingerprint density at radius 3 is 1.34 bits per heavy atom. The Balaban J connectivity index is 0.000000276. The van der Waals surface area contributed by atoms with Gasteiger partial charge in [-0.2, -0.15) is 11.6 Å². The molecule has 1 aliphatic rings. The van der Waals surface area contributed by atoms with Crippen molar-refractivity contribution in [3.05, 3.63) is 148 Å². The third kappa shape index (κ3) is 11.0. The third-order valence-corrected chi connectivity index (χ3v) is 10.7. The number of halogens is 2. The molecule has 50 heavy (non-hydrogen) atoms. The van der Waals surface area contributed by atoms with Gasteiger partial charge in [0.05, 0.1) is 0 Å². The first-order valence-corrected chi connectivity index (χ1v) is 18.8. The Morgan fingerprint density at radius 2 is 1.04 bits per heavy atom. The number of rotatable bonds is 3. The summed E-state index contributed by atoms with van der Waals surface area (Å²) in [5.74, 6) is 0.573. The van der Waals surface area contributed by atoms with E-state index >= 15 is 0 Å². The van der Waals surface area contributed by atoms with Gasteiger partial charge in [0.25, 0.3) is 0 Å². The Hall–Kier alpha value is -2.44. The summed E-state index contributed by atoms with van der Waals surface area (Å²) in [6.07, 6.45) is 9.00. The molecule has 0 radical (unpaired) electrons. The fourth-order valence-corrected chi connectivity index (χ4v) is 7.36. The second-order valence-corrected chi connectivity index (χ2v) is 17.7. The molecule has 1 unspecified atom stereocenters. The minimum absolute atomic E-state index is 0. The van der Waals surface area contributed by atoms with E-state index in [9.17, 15) is 0 Å². The summed E-state index contributed by atoms with van der Waals surface area (Å²) in [5, 5.41) is 5.55. The third-order valence-electron chi connectivity index (χ3n) is 9.27. The SMILES string of the molecule is CCC1[C-]=CC(C(C)(C)C)=C1.Cc1cc2[cH-]c3cc(C)c(C(C)(C)C)cc3c2cc1C(C)(C)C.[Cl-].[Cl-].[Zr+2]=[C](c1ccccc1)c1ccccc1. The van der Waals surface area contributed by atoms with Crippen LogP contribution in [0.5, 0.6) is 0 Å². The Bertz CT molecular complexity index is 1800. The van der Waals surface area contributed by atoms with Crippen molar-refractivity contribution in [2.45, 2.75) is 100 Å². The molecule has 0 aliphatic heterocycles. The first-order valence-electron chi connectivity index (χ1n) is 17.6. The van der Waals surface area contributed by atoms with Crippen LogP contribution in [0.4, 0.5) is 0 Å². The van der Waals surface area contributed by atoms with Crippen molar-refractivity contribution < 1.29 is 49.0 Å². The molecule has 5 aromatic rings. The van der Waals surface area contributed by atoms with Crippen LogP contribution in [0, 0.1) is 31.3 Å². The molecule has 0 bridgehead atoms. The molecular formula is C47H56Cl2Zr-2. The molecule has 0 N–H and O–H groups in total. The van der Waals surface area contributed by atoms with Crippen LogP contribution in [-0.4, -0.2) is 3.21 Å². The van der Waals surface area contributed by atoms with Crippen LogP contribution in [0.25, 0.3) is 21.5 Å². The van der Waals surface area contributed by atoms with Crippen molar-refractivity contribution in [2.24, 2.45) is 11.3 Å². The molecule has 0 saturated carbocycles. The first-order chi connectivity index (χ1) is 22.4. The summed E-state index contributed by atoms with van der Waals surface area (Å²) < 4.78 is 1.42. The molecule has 6 rings (SSSR count). The van der Waals surface area contributed by atoms with E-state index in [2.05, 4.69) is 192 Å². The Labute approximate surface area is 331 Å². The molecule has 0 heterocycles. The number of hydrogen-bond acceptors (Lipinski definition) is 0. The van der Waals surface area contributed by atoms with Crippen LogP contribution < -0.4 is 24.8 Å². The van der Waals surface area contributed by atoms with Crippen LogP contribution in [0.3, 0.4) is 0 Å². The standard InChI is InChI=1S/C23H29.C13H10.C11H17.2ClH.Zr/c1-14-9-16-11-17-10-15(2)21(23(6,7)8)13-19(17)18(16)12-20(14)22(3,4)5;1-3-7-12(8-4-1)11-13-9-5-2-6-10-13;1-5-9-6-7-10(8-9)11(2,3)4;;;/h9-13H,1-8H3;1-10H;7-9H,5H2,1-4H3;2*1H;/q-1;;-1;;;+2/p-2. The van der Waals surface area contributed by atoms with Crippen LogP contribution in [0.1, 0.15) is 109 Å². The van der Waals surface area contributed by atoms with Gasteiger partial charge in [0.15, 0.2) is 0 Å². The van der Waals surface area contributed by atoms with Gasteiger partial charge in [-0.3, -0.25) is 6.08 Å². The fraction of sp³-hybridized carbons (Fsp3) is 0.362. The summed E-state index contributed by atoms with van der Waals surface area (Å²) in [6, 6.07) is 33.0. The monoisotopic (exact) mass is 780 g/mol.